The quantitative estimate of drug-likeness (QED) is 0.392. The molecule has 0 aromatic heterocycles. The first-order valence-electron chi connectivity index (χ1n) is 13.6. The second-order valence-electron chi connectivity index (χ2n) is 11.7. The number of anilines is 2. The average Bonchev–Trinajstić information content (AvgIpc) is 2.91. The van der Waals surface area contributed by atoms with Gasteiger partial charge in [-0.05, 0) is 72.2 Å². The number of methoxy groups -OCH3 is 1. The van der Waals surface area contributed by atoms with Crippen LogP contribution in [0.4, 0.5) is 11.4 Å². The number of aryl methyl sites for hydroxylation is 1. The number of rotatable bonds is 6. The predicted octanol–water partition coefficient (Wildman–Crippen LogP) is 6.60. The summed E-state index contributed by atoms with van der Waals surface area (Å²) in [5, 5.41) is 3.18. The molecule has 3 aromatic carbocycles. The molecule has 2 unspecified atom stereocenters. The molecule has 1 saturated heterocycles. The van der Waals surface area contributed by atoms with Gasteiger partial charge in [0.2, 0.25) is 5.91 Å². The fourth-order valence-electron chi connectivity index (χ4n) is 5.41. The molecule has 2 amide bonds. The summed E-state index contributed by atoms with van der Waals surface area (Å²) in [6, 6.07) is 21.4. The number of nitrogens with zero attached hydrogens (tertiary/aromatic N) is 2. The van der Waals surface area contributed by atoms with Gasteiger partial charge in [-0.15, -0.1) is 0 Å². The van der Waals surface area contributed by atoms with Crippen LogP contribution < -0.4 is 15.0 Å². The molecular weight excluding hydrogens is 486 g/mol. The Hall–Kier alpha value is -3.80. The zero-order valence-corrected chi connectivity index (χ0v) is 24.2. The topological polar surface area (TPSA) is 61.9 Å². The highest BCUT2D eigenvalue weighted by Gasteiger charge is 2.40. The molecule has 6 nitrogen and oxygen atoms in total. The van der Waals surface area contributed by atoms with Crippen molar-refractivity contribution in [2.75, 3.05) is 38.0 Å². The van der Waals surface area contributed by atoms with Crippen LogP contribution in [-0.2, 0) is 10.2 Å². The van der Waals surface area contributed by atoms with Crippen molar-refractivity contribution >= 4 is 23.2 Å². The summed E-state index contributed by atoms with van der Waals surface area (Å²) in [7, 11) is 5.58. The number of carbonyl (C=O) groups excluding carboxylic acids is 2. The monoisotopic (exact) mass is 527 g/mol. The summed E-state index contributed by atoms with van der Waals surface area (Å²) in [5.41, 5.74) is 5.32. The number of carbonyl (C=O) groups is 2. The number of hydrogen-bond donors (Lipinski definition) is 1. The van der Waals surface area contributed by atoms with E-state index >= 15 is 0 Å². The van der Waals surface area contributed by atoms with Gasteiger partial charge in [-0.1, -0.05) is 57.2 Å². The Balaban J connectivity index is 1.73. The first kappa shape index (κ1) is 28.2. The highest BCUT2D eigenvalue weighted by molar-refractivity contribution is 6.00. The molecular formula is C33H41N3O3. The minimum absolute atomic E-state index is 0.0296. The van der Waals surface area contributed by atoms with Crippen molar-refractivity contribution < 1.29 is 14.3 Å². The van der Waals surface area contributed by atoms with Crippen LogP contribution in [0.5, 0.6) is 5.75 Å². The van der Waals surface area contributed by atoms with Crippen molar-refractivity contribution in [3.63, 3.8) is 0 Å². The summed E-state index contributed by atoms with van der Waals surface area (Å²) in [5.74, 6) is -0.0376. The summed E-state index contributed by atoms with van der Waals surface area (Å²) < 4.78 is 5.58. The van der Waals surface area contributed by atoms with Gasteiger partial charge in [0.15, 0.2) is 0 Å². The summed E-state index contributed by atoms with van der Waals surface area (Å²) >= 11 is 0. The Labute approximate surface area is 233 Å². The fraction of sp³-hybridized carbons (Fsp3) is 0.394. The van der Waals surface area contributed by atoms with E-state index in [2.05, 4.69) is 32.2 Å². The van der Waals surface area contributed by atoms with Gasteiger partial charge in [0, 0.05) is 32.0 Å². The first-order chi connectivity index (χ1) is 18.5. The predicted molar refractivity (Wildman–Crippen MR) is 159 cm³/mol. The van der Waals surface area contributed by atoms with Crippen LogP contribution in [0.25, 0.3) is 0 Å². The molecule has 0 bridgehead atoms. The Bertz CT molecular complexity index is 1320. The van der Waals surface area contributed by atoms with Gasteiger partial charge < -0.3 is 19.9 Å². The molecule has 1 aliphatic heterocycles. The summed E-state index contributed by atoms with van der Waals surface area (Å²) in [6.07, 6.45) is 1.44. The van der Waals surface area contributed by atoms with E-state index in [1.165, 1.54) is 0 Å². The lowest BCUT2D eigenvalue weighted by atomic mass is 9.83. The smallest absolute Gasteiger partial charge is 0.258 e. The molecule has 3 aromatic rings. The second-order valence-corrected chi connectivity index (χ2v) is 11.7. The number of hydrogen-bond acceptors (Lipinski definition) is 4. The molecule has 0 radical (unpaired) electrons. The van der Waals surface area contributed by atoms with E-state index in [-0.39, 0.29) is 17.2 Å². The number of amides is 2. The van der Waals surface area contributed by atoms with E-state index in [1.54, 1.807) is 7.11 Å². The normalized spacial score (nSPS) is 17.5. The van der Waals surface area contributed by atoms with Crippen LogP contribution in [0.1, 0.15) is 66.7 Å². The van der Waals surface area contributed by atoms with Crippen LogP contribution in [0, 0.1) is 12.8 Å². The number of likely N-dealkylation sites (tertiary alicyclic amines) is 1. The third-order valence-corrected chi connectivity index (χ3v) is 7.64. The van der Waals surface area contributed by atoms with E-state index in [0.29, 0.717) is 24.3 Å². The standard InChI is InChI=1S/C33H41N3O3/c1-22-11-8-15-28(39-7)29(22)32(38)36-20-10-14-27(30(36)23-16-18-26(19-17-23)35(5)6)31(37)34-25-13-9-12-24(21-25)33(2,3)4/h8-9,11-13,15-19,21,27,30H,10,14,20H2,1-7H3,(H,34,37). The molecule has 4 rings (SSSR count). The van der Waals surface area contributed by atoms with Crippen molar-refractivity contribution in [1.82, 2.24) is 4.90 Å². The summed E-state index contributed by atoms with van der Waals surface area (Å²) in [6.45, 7) is 8.97. The molecule has 39 heavy (non-hydrogen) atoms. The first-order valence-corrected chi connectivity index (χ1v) is 13.6. The van der Waals surface area contributed by atoms with E-state index < -0.39 is 12.0 Å². The second kappa shape index (κ2) is 11.5. The fourth-order valence-corrected chi connectivity index (χ4v) is 5.41. The lowest BCUT2D eigenvalue weighted by Crippen LogP contribution is -2.46. The molecule has 1 aliphatic rings. The minimum Gasteiger partial charge on any atom is -0.496 e. The Morgan fingerprint density at radius 3 is 2.33 bits per heavy atom. The van der Waals surface area contributed by atoms with Crippen LogP contribution in [0.2, 0.25) is 0 Å². The number of benzene rings is 3. The van der Waals surface area contributed by atoms with Crippen molar-refractivity contribution in [1.29, 1.82) is 0 Å². The van der Waals surface area contributed by atoms with Gasteiger partial charge in [-0.3, -0.25) is 9.59 Å². The van der Waals surface area contributed by atoms with E-state index in [1.807, 2.05) is 91.5 Å². The lowest BCUT2D eigenvalue weighted by molar-refractivity contribution is -0.123. The summed E-state index contributed by atoms with van der Waals surface area (Å²) in [4.78, 5) is 32.0. The van der Waals surface area contributed by atoms with Gasteiger partial charge in [-0.2, -0.15) is 0 Å². The van der Waals surface area contributed by atoms with Gasteiger partial charge in [-0.25, -0.2) is 0 Å². The Morgan fingerprint density at radius 1 is 1.00 bits per heavy atom. The molecule has 1 N–H and O–H groups in total. The van der Waals surface area contributed by atoms with Gasteiger partial charge >= 0.3 is 0 Å². The number of piperidine rings is 1. The Morgan fingerprint density at radius 2 is 1.69 bits per heavy atom. The zero-order chi connectivity index (χ0) is 28.3. The van der Waals surface area contributed by atoms with E-state index in [4.69, 9.17) is 4.74 Å². The average molecular weight is 528 g/mol. The van der Waals surface area contributed by atoms with Gasteiger partial charge in [0.05, 0.1) is 24.6 Å². The highest BCUT2D eigenvalue weighted by Crippen LogP contribution is 2.40. The van der Waals surface area contributed by atoms with Crippen LogP contribution in [0.15, 0.2) is 66.7 Å². The van der Waals surface area contributed by atoms with Crippen molar-refractivity contribution in [2.45, 2.75) is 52.0 Å². The van der Waals surface area contributed by atoms with E-state index in [0.717, 1.165) is 34.5 Å². The third-order valence-electron chi connectivity index (χ3n) is 7.64. The maximum atomic E-state index is 14.1. The molecule has 0 aliphatic carbocycles. The number of ether oxygens (including phenoxy) is 1. The van der Waals surface area contributed by atoms with Gasteiger partial charge in [0.1, 0.15) is 5.75 Å². The Kier molecular flexibility index (Phi) is 8.34. The SMILES string of the molecule is COc1cccc(C)c1C(=O)N1CCCC(C(=O)Nc2cccc(C(C)(C)C)c2)C1c1ccc(N(C)C)cc1. The molecule has 6 heteroatoms. The molecule has 0 spiro atoms. The molecule has 206 valence electrons. The van der Waals surface area contributed by atoms with Crippen LogP contribution in [0.3, 0.4) is 0 Å². The van der Waals surface area contributed by atoms with Crippen molar-refractivity contribution in [2.24, 2.45) is 5.92 Å². The minimum atomic E-state index is -0.405. The maximum Gasteiger partial charge on any atom is 0.258 e. The molecule has 1 fully saturated rings. The lowest BCUT2D eigenvalue weighted by Gasteiger charge is -2.41. The molecule has 1 heterocycles. The number of nitrogens with one attached hydrogen (secondary N) is 1. The maximum absolute atomic E-state index is 14.1. The van der Waals surface area contributed by atoms with Crippen LogP contribution in [-0.4, -0.2) is 44.5 Å². The molecule has 2 atom stereocenters. The van der Waals surface area contributed by atoms with Crippen LogP contribution >= 0.6 is 0 Å². The van der Waals surface area contributed by atoms with Gasteiger partial charge in [0.25, 0.3) is 5.91 Å². The van der Waals surface area contributed by atoms with Crippen molar-refractivity contribution in [3.05, 3.63) is 89.0 Å². The largest absolute Gasteiger partial charge is 0.496 e. The van der Waals surface area contributed by atoms with E-state index in [9.17, 15) is 9.59 Å². The molecule has 0 saturated carbocycles. The van der Waals surface area contributed by atoms with Crippen molar-refractivity contribution in [3.8, 4) is 5.75 Å². The zero-order valence-electron chi connectivity index (χ0n) is 24.2. The highest BCUT2D eigenvalue weighted by atomic mass is 16.5. The third kappa shape index (κ3) is 6.11.